The Morgan fingerprint density at radius 2 is 2.21 bits per heavy atom. The van der Waals surface area contributed by atoms with Crippen LogP contribution in [0, 0.1) is 11.7 Å². The molecule has 2 rings (SSSR count). The minimum absolute atomic E-state index is 0.0269. The van der Waals surface area contributed by atoms with Gasteiger partial charge in [-0.2, -0.15) is 4.31 Å². The predicted octanol–water partition coefficient (Wildman–Crippen LogP) is 2.86. The zero-order chi connectivity index (χ0) is 13.9. The molecule has 1 saturated heterocycles. The Bertz CT molecular complexity index is 533. The topological polar surface area (TPSA) is 37.4 Å². The first-order valence-electron chi connectivity index (χ1n) is 6.35. The van der Waals surface area contributed by atoms with Crippen molar-refractivity contribution in [1.82, 2.24) is 4.31 Å². The van der Waals surface area contributed by atoms with E-state index in [4.69, 9.17) is 11.6 Å². The zero-order valence-corrected chi connectivity index (χ0v) is 12.1. The molecule has 0 aliphatic carbocycles. The smallest absolute Gasteiger partial charge is 0.207 e. The Hall–Kier alpha value is -0.650. The molecule has 0 radical (unpaired) electrons. The molecule has 1 aliphatic heterocycles. The van der Waals surface area contributed by atoms with Gasteiger partial charge in [0, 0.05) is 19.0 Å². The highest BCUT2D eigenvalue weighted by Gasteiger charge is 2.30. The number of rotatable bonds is 4. The van der Waals surface area contributed by atoms with Gasteiger partial charge < -0.3 is 0 Å². The van der Waals surface area contributed by atoms with Gasteiger partial charge in [0.2, 0.25) is 10.0 Å². The van der Waals surface area contributed by atoms with Gasteiger partial charge in [-0.3, -0.25) is 0 Å². The lowest BCUT2D eigenvalue weighted by Crippen LogP contribution is -2.40. The fourth-order valence-corrected chi connectivity index (χ4v) is 4.31. The first kappa shape index (κ1) is 14.8. The molecule has 106 valence electrons. The van der Waals surface area contributed by atoms with Gasteiger partial charge in [-0.15, -0.1) is 11.6 Å². The summed E-state index contributed by atoms with van der Waals surface area (Å²) in [5, 5.41) is 0. The number of halogens is 2. The van der Waals surface area contributed by atoms with E-state index in [0.717, 1.165) is 25.3 Å². The van der Waals surface area contributed by atoms with Crippen molar-refractivity contribution >= 4 is 21.6 Å². The minimum atomic E-state index is -3.59. The Balaban J connectivity index is 2.19. The highest BCUT2D eigenvalue weighted by Crippen LogP contribution is 2.25. The lowest BCUT2D eigenvalue weighted by atomic mass is 9.97. The molecule has 1 aliphatic rings. The maximum atomic E-state index is 13.2. The molecule has 19 heavy (non-hydrogen) atoms. The molecule has 1 atom stereocenters. The molecule has 1 unspecified atom stereocenters. The average molecular weight is 306 g/mol. The molecule has 1 fully saturated rings. The molecule has 0 spiro atoms. The van der Waals surface area contributed by atoms with Crippen molar-refractivity contribution in [3.05, 3.63) is 30.1 Å². The molecule has 0 bridgehead atoms. The summed E-state index contributed by atoms with van der Waals surface area (Å²) < 4.78 is 39.4. The molecular weight excluding hydrogens is 289 g/mol. The van der Waals surface area contributed by atoms with Crippen molar-refractivity contribution in [2.75, 3.05) is 19.0 Å². The number of benzene rings is 1. The fraction of sp³-hybridized carbons (Fsp3) is 0.538. The minimum Gasteiger partial charge on any atom is -0.207 e. The summed E-state index contributed by atoms with van der Waals surface area (Å²) in [7, 11) is -3.59. The van der Waals surface area contributed by atoms with Crippen molar-refractivity contribution in [3.8, 4) is 0 Å². The largest absolute Gasteiger partial charge is 0.243 e. The average Bonchev–Trinajstić information content (AvgIpc) is 2.39. The molecular formula is C13H17ClFNO2S. The number of nitrogens with zero attached hydrogens (tertiary/aromatic N) is 1. The molecule has 0 N–H and O–H groups in total. The van der Waals surface area contributed by atoms with E-state index < -0.39 is 15.8 Å². The normalized spacial score (nSPS) is 21.5. The molecule has 1 aromatic carbocycles. The van der Waals surface area contributed by atoms with Gasteiger partial charge in [0.15, 0.2) is 0 Å². The number of piperidine rings is 1. The van der Waals surface area contributed by atoms with Crippen molar-refractivity contribution in [2.45, 2.75) is 24.2 Å². The Morgan fingerprint density at radius 3 is 2.89 bits per heavy atom. The van der Waals surface area contributed by atoms with E-state index in [0.29, 0.717) is 24.9 Å². The highest BCUT2D eigenvalue weighted by atomic mass is 35.5. The van der Waals surface area contributed by atoms with Crippen LogP contribution in [0.1, 0.15) is 19.3 Å². The Morgan fingerprint density at radius 1 is 1.42 bits per heavy atom. The van der Waals surface area contributed by atoms with Crippen LogP contribution in [0.25, 0.3) is 0 Å². The maximum absolute atomic E-state index is 13.2. The molecule has 0 amide bonds. The van der Waals surface area contributed by atoms with Crippen LogP contribution in [0.2, 0.25) is 0 Å². The zero-order valence-electron chi connectivity index (χ0n) is 10.6. The third kappa shape index (κ3) is 3.46. The molecule has 0 saturated carbocycles. The van der Waals surface area contributed by atoms with Crippen molar-refractivity contribution in [1.29, 1.82) is 0 Å². The summed E-state index contributed by atoms with van der Waals surface area (Å²) in [6.45, 7) is 0.975. The van der Waals surface area contributed by atoms with Crippen LogP contribution in [0.5, 0.6) is 0 Å². The highest BCUT2D eigenvalue weighted by molar-refractivity contribution is 7.89. The predicted molar refractivity (Wildman–Crippen MR) is 73.2 cm³/mol. The van der Waals surface area contributed by atoms with Gasteiger partial charge in [-0.25, -0.2) is 12.8 Å². The molecule has 3 nitrogen and oxygen atoms in total. The molecule has 0 aromatic heterocycles. The van der Waals surface area contributed by atoms with Crippen LogP contribution < -0.4 is 0 Å². The third-order valence-corrected chi connectivity index (χ3v) is 5.51. The summed E-state index contributed by atoms with van der Waals surface area (Å²) in [4.78, 5) is 0.0269. The number of alkyl halides is 1. The quantitative estimate of drug-likeness (QED) is 0.802. The standard InChI is InChI=1S/C13H17ClFNO2S/c14-7-6-11-3-2-8-16(10-11)19(17,18)13-5-1-4-12(15)9-13/h1,4-5,9,11H,2-3,6-8,10H2. The van der Waals surface area contributed by atoms with E-state index in [1.165, 1.54) is 22.5 Å². The summed E-state index contributed by atoms with van der Waals surface area (Å²) in [5.41, 5.74) is 0. The molecule has 1 heterocycles. The van der Waals surface area contributed by atoms with E-state index in [9.17, 15) is 12.8 Å². The summed E-state index contributed by atoms with van der Waals surface area (Å²) in [6, 6.07) is 5.16. The molecule has 1 aromatic rings. The van der Waals surface area contributed by atoms with Gasteiger partial charge in [0.1, 0.15) is 5.82 Å². The van der Waals surface area contributed by atoms with E-state index in [1.807, 2.05) is 0 Å². The van der Waals surface area contributed by atoms with Crippen LogP contribution in [-0.2, 0) is 10.0 Å². The van der Waals surface area contributed by atoms with E-state index in [-0.39, 0.29) is 4.90 Å². The molecule has 6 heteroatoms. The summed E-state index contributed by atoms with van der Waals surface area (Å²) in [6.07, 6.45) is 2.65. The van der Waals surface area contributed by atoms with Crippen molar-refractivity contribution in [2.24, 2.45) is 5.92 Å². The number of hydrogen-bond acceptors (Lipinski definition) is 2. The van der Waals surface area contributed by atoms with E-state index in [1.54, 1.807) is 0 Å². The first-order chi connectivity index (χ1) is 9.04. The summed E-state index contributed by atoms with van der Waals surface area (Å²) >= 11 is 5.72. The number of sulfonamides is 1. The monoisotopic (exact) mass is 305 g/mol. The summed E-state index contributed by atoms with van der Waals surface area (Å²) in [5.74, 6) is 0.309. The Kier molecular flexibility index (Phi) is 4.81. The maximum Gasteiger partial charge on any atom is 0.243 e. The van der Waals surface area contributed by atoms with Crippen LogP contribution in [0.3, 0.4) is 0 Å². The van der Waals surface area contributed by atoms with Crippen LogP contribution >= 0.6 is 11.6 Å². The van der Waals surface area contributed by atoms with Crippen molar-refractivity contribution in [3.63, 3.8) is 0 Å². The van der Waals surface area contributed by atoms with Gasteiger partial charge in [-0.1, -0.05) is 6.07 Å². The fourth-order valence-electron chi connectivity index (χ4n) is 2.41. The Labute approximate surface area is 118 Å². The first-order valence-corrected chi connectivity index (χ1v) is 8.33. The second kappa shape index (κ2) is 6.20. The lowest BCUT2D eigenvalue weighted by molar-refractivity contribution is 0.262. The van der Waals surface area contributed by atoms with Crippen LogP contribution in [0.4, 0.5) is 4.39 Å². The van der Waals surface area contributed by atoms with Gasteiger partial charge in [-0.05, 0) is 43.4 Å². The van der Waals surface area contributed by atoms with E-state index >= 15 is 0 Å². The lowest BCUT2D eigenvalue weighted by Gasteiger charge is -2.31. The van der Waals surface area contributed by atoms with Crippen LogP contribution in [0.15, 0.2) is 29.2 Å². The van der Waals surface area contributed by atoms with E-state index in [2.05, 4.69) is 0 Å². The second-order valence-electron chi connectivity index (χ2n) is 4.81. The van der Waals surface area contributed by atoms with Gasteiger partial charge in [0.25, 0.3) is 0 Å². The van der Waals surface area contributed by atoms with Gasteiger partial charge >= 0.3 is 0 Å². The number of hydrogen-bond donors (Lipinski definition) is 0. The second-order valence-corrected chi connectivity index (χ2v) is 7.12. The van der Waals surface area contributed by atoms with Gasteiger partial charge in [0.05, 0.1) is 4.90 Å². The SMILES string of the molecule is O=S(=O)(c1cccc(F)c1)N1CCCC(CCCl)C1. The third-order valence-electron chi connectivity index (χ3n) is 3.43. The van der Waals surface area contributed by atoms with Crippen LogP contribution in [-0.4, -0.2) is 31.7 Å². The van der Waals surface area contributed by atoms with Crippen molar-refractivity contribution < 1.29 is 12.8 Å².